The van der Waals surface area contributed by atoms with Gasteiger partial charge in [-0.3, -0.25) is 0 Å². The fourth-order valence-corrected chi connectivity index (χ4v) is 4.00. The molecule has 0 spiro atoms. The second kappa shape index (κ2) is 5.69. The fourth-order valence-electron chi connectivity index (χ4n) is 4.00. The number of ether oxygens (including phenoxy) is 6. The summed E-state index contributed by atoms with van der Waals surface area (Å²) >= 11 is 0. The molecule has 5 aliphatic rings. The number of epoxide rings is 3. The molecule has 2 bridgehead atoms. The van der Waals surface area contributed by atoms with E-state index in [4.69, 9.17) is 28.4 Å². The number of rotatable bonds is 9. The highest BCUT2D eigenvalue weighted by Crippen LogP contribution is 2.49. The largest absolute Gasteiger partial charge is 0.375 e. The lowest BCUT2D eigenvalue weighted by Gasteiger charge is -2.35. The molecular formula is C16H24O6. The predicted molar refractivity (Wildman–Crippen MR) is 74.7 cm³/mol. The van der Waals surface area contributed by atoms with Gasteiger partial charge in [-0.15, -0.1) is 0 Å². The quantitative estimate of drug-likeness (QED) is 0.574. The molecule has 0 N–H and O–H groups in total. The normalized spacial score (nSPS) is 51.3. The molecule has 3 aliphatic heterocycles. The van der Waals surface area contributed by atoms with E-state index in [0.29, 0.717) is 49.5 Å². The zero-order valence-electron chi connectivity index (χ0n) is 12.7. The standard InChI is InChI=1S/C16H24O6/c1-9-2-14(20-6-10-3-17-10)13(1)16(22-8-12-5-19-12)15(9)21-7-11-4-18-11/h9-16H,1-8H2. The van der Waals surface area contributed by atoms with E-state index < -0.39 is 0 Å². The Balaban J connectivity index is 1.20. The van der Waals surface area contributed by atoms with Gasteiger partial charge in [0, 0.05) is 5.92 Å². The second-order valence-electron chi connectivity index (χ2n) is 7.23. The van der Waals surface area contributed by atoms with Crippen LogP contribution in [0.3, 0.4) is 0 Å². The minimum atomic E-state index is 0.145. The van der Waals surface area contributed by atoms with E-state index >= 15 is 0 Å². The summed E-state index contributed by atoms with van der Waals surface area (Å²) in [4.78, 5) is 0. The molecule has 8 atom stereocenters. The van der Waals surface area contributed by atoms with Gasteiger partial charge in [0.05, 0.1) is 58.0 Å². The number of hydrogen-bond acceptors (Lipinski definition) is 6. The van der Waals surface area contributed by atoms with Crippen LogP contribution in [0, 0.1) is 11.8 Å². The van der Waals surface area contributed by atoms with Crippen molar-refractivity contribution in [1.82, 2.24) is 0 Å². The zero-order chi connectivity index (χ0) is 14.5. The Kier molecular flexibility index (Phi) is 3.65. The molecule has 5 rings (SSSR count). The van der Waals surface area contributed by atoms with Gasteiger partial charge in [0.25, 0.3) is 0 Å². The first-order chi connectivity index (χ1) is 10.9. The Morgan fingerprint density at radius 2 is 1.23 bits per heavy atom. The van der Waals surface area contributed by atoms with E-state index in [2.05, 4.69) is 0 Å². The van der Waals surface area contributed by atoms with E-state index in [-0.39, 0.29) is 12.2 Å². The molecule has 124 valence electrons. The predicted octanol–water partition coefficient (Wildman–Crippen LogP) is 0.378. The Hall–Kier alpha value is -0.240. The molecule has 0 aromatic heterocycles. The average Bonchev–Trinajstić information content (AvgIpc) is 3.40. The van der Waals surface area contributed by atoms with Gasteiger partial charge < -0.3 is 28.4 Å². The molecule has 6 nitrogen and oxygen atoms in total. The van der Waals surface area contributed by atoms with Gasteiger partial charge in [0.15, 0.2) is 0 Å². The van der Waals surface area contributed by atoms with Crippen molar-refractivity contribution in [2.45, 2.75) is 49.5 Å². The monoisotopic (exact) mass is 312 g/mol. The highest BCUT2D eigenvalue weighted by atomic mass is 16.6. The second-order valence-corrected chi connectivity index (χ2v) is 7.23. The molecule has 0 aromatic carbocycles. The lowest BCUT2D eigenvalue weighted by Crippen LogP contribution is -2.44. The van der Waals surface area contributed by atoms with Crippen molar-refractivity contribution in [2.75, 3.05) is 39.6 Å². The van der Waals surface area contributed by atoms with Crippen LogP contribution in [0.2, 0.25) is 0 Å². The first-order valence-corrected chi connectivity index (χ1v) is 8.56. The molecule has 0 radical (unpaired) electrons. The molecule has 2 saturated carbocycles. The van der Waals surface area contributed by atoms with Gasteiger partial charge in [-0.1, -0.05) is 0 Å². The Bertz CT molecular complexity index is 405. The third-order valence-corrected chi connectivity index (χ3v) is 5.45. The Labute approximate surface area is 130 Å². The summed E-state index contributed by atoms with van der Waals surface area (Å²) in [5.41, 5.74) is 0. The molecule has 5 fully saturated rings. The van der Waals surface area contributed by atoms with Crippen LogP contribution in [-0.2, 0) is 28.4 Å². The lowest BCUT2D eigenvalue weighted by atomic mass is 9.92. The first-order valence-electron chi connectivity index (χ1n) is 8.56. The summed E-state index contributed by atoms with van der Waals surface area (Å²) in [6.45, 7) is 4.65. The number of hydrogen-bond donors (Lipinski definition) is 0. The van der Waals surface area contributed by atoms with Gasteiger partial charge in [-0.25, -0.2) is 0 Å². The van der Waals surface area contributed by atoms with E-state index in [1.165, 1.54) is 0 Å². The third-order valence-electron chi connectivity index (χ3n) is 5.45. The summed E-state index contributed by atoms with van der Waals surface area (Å²) < 4.78 is 34.2. The minimum absolute atomic E-state index is 0.145. The smallest absolute Gasteiger partial charge is 0.104 e. The van der Waals surface area contributed by atoms with Crippen molar-refractivity contribution >= 4 is 0 Å². The fraction of sp³-hybridized carbons (Fsp3) is 1.00. The molecule has 22 heavy (non-hydrogen) atoms. The summed E-state index contributed by atoms with van der Waals surface area (Å²) in [5, 5.41) is 0. The maximum absolute atomic E-state index is 6.18. The summed E-state index contributed by atoms with van der Waals surface area (Å²) in [6.07, 6.45) is 3.83. The van der Waals surface area contributed by atoms with Crippen LogP contribution in [0.4, 0.5) is 0 Å². The van der Waals surface area contributed by atoms with Crippen LogP contribution in [-0.4, -0.2) is 76.3 Å². The maximum atomic E-state index is 6.18. The van der Waals surface area contributed by atoms with Crippen molar-refractivity contribution in [2.24, 2.45) is 11.8 Å². The molecule has 3 saturated heterocycles. The van der Waals surface area contributed by atoms with Crippen molar-refractivity contribution in [3.8, 4) is 0 Å². The van der Waals surface area contributed by atoms with E-state index in [1.807, 2.05) is 0 Å². The van der Waals surface area contributed by atoms with E-state index in [0.717, 1.165) is 39.3 Å². The minimum Gasteiger partial charge on any atom is -0.375 e. The van der Waals surface area contributed by atoms with Crippen molar-refractivity contribution < 1.29 is 28.4 Å². The van der Waals surface area contributed by atoms with Gasteiger partial charge in [0.2, 0.25) is 0 Å². The third kappa shape index (κ3) is 3.05. The topological polar surface area (TPSA) is 65.3 Å². The van der Waals surface area contributed by atoms with Gasteiger partial charge in [-0.2, -0.15) is 0 Å². The van der Waals surface area contributed by atoms with E-state index in [1.54, 1.807) is 0 Å². The summed E-state index contributed by atoms with van der Waals surface area (Å²) in [6, 6.07) is 0. The highest BCUT2D eigenvalue weighted by molar-refractivity contribution is 5.04. The molecule has 2 aliphatic carbocycles. The SMILES string of the molecule is C1OC1COC1CC2CC1C(OCC1CO1)C2OCC1CO1. The lowest BCUT2D eigenvalue weighted by molar-refractivity contribution is -0.136. The zero-order valence-corrected chi connectivity index (χ0v) is 12.7. The molecule has 3 heterocycles. The average molecular weight is 312 g/mol. The Morgan fingerprint density at radius 1 is 0.682 bits per heavy atom. The van der Waals surface area contributed by atoms with Crippen LogP contribution in [0.1, 0.15) is 12.8 Å². The molecule has 0 amide bonds. The van der Waals surface area contributed by atoms with Crippen molar-refractivity contribution in [1.29, 1.82) is 0 Å². The maximum Gasteiger partial charge on any atom is 0.104 e. The Morgan fingerprint density at radius 3 is 1.82 bits per heavy atom. The molecule has 6 heteroatoms. The first kappa shape index (κ1) is 14.1. The van der Waals surface area contributed by atoms with Crippen molar-refractivity contribution in [3.63, 3.8) is 0 Å². The van der Waals surface area contributed by atoms with Gasteiger partial charge in [-0.05, 0) is 18.8 Å². The van der Waals surface area contributed by atoms with Crippen LogP contribution in [0.5, 0.6) is 0 Å². The molecular weight excluding hydrogens is 288 g/mol. The summed E-state index contributed by atoms with van der Waals surface area (Å²) in [5.74, 6) is 1.01. The van der Waals surface area contributed by atoms with Crippen molar-refractivity contribution in [3.05, 3.63) is 0 Å². The number of fused-ring (bicyclic) bond motifs is 2. The van der Waals surface area contributed by atoms with Crippen LogP contribution >= 0.6 is 0 Å². The molecule has 8 unspecified atom stereocenters. The van der Waals surface area contributed by atoms with Crippen LogP contribution in [0.25, 0.3) is 0 Å². The van der Waals surface area contributed by atoms with Gasteiger partial charge >= 0.3 is 0 Å². The highest BCUT2D eigenvalue weighted by Gasteiger charge is 2.55. The van der Waals surface area contributed by atoms with Crippen LogP contribution in [0.15, 0.2) is 0 Å². The molecule has 0 aromatic rings. The van der Waals surface area contributed by atoms with Crippen LogP contribution < -0.4 is 0 Å². The van der Waals surface area contributed by atoms with Gasteiger partial charge in [0.1, 0.15) is 18.3 Å². The summed E-state index contributed by atoms with van der Waals surface area (Å²) in [7, 11) is 0. The van der Waals surface area contributed by atoms with E-state index in [9.17, 15) is 0 Å².